The summed E-state index contributed by atoms with van der Waals surface area (Å²) in [7, 11) is 0. The van der Waals surface area contributed by atoms with Crippen LogP contribution in [0.5, 0.6) is 0 Å². The molecular weight excluding hydrogens is 346 g/mol. The van der Waals surface area contributed by atoms with Crippen LogP contribution >= 0.6 is 23.4 Å². The van der Waals surface area contributed by atoms with Crippen LogP contribution in [0.2, 0.25) is 5.02 Å². The lowest BCUT2D eigenvalue weighted by atomic mass is 10.1. The molecule has 0 N–H and O–H groups in total. The number of halogens is 1. The lowest BCUT2D eigenvalue weighted by Crippen LogP contribution is -1.97. The van der Waals surface area contributed by atoms with Gasteiger partial charge in [-0.25, -0.2) is 0 Å². The van der Waals surface area contributed by atoms with Gasteiger partial charge in [-0.05, 0) is 30.5 Å². The fraction of sp³-hybridized carbons (Fsp3) is 0.375. The monoisotopic (exact) mass is 363 g/mol. The maximum absolute atomic E-state index is 6.21. The lowest BCUT2D eigenvalue weighted by molar-refractivity contribution is 0.382. The molecule has 2 aromatic heterocycles. The Morgan fingerprint density at radius 2 is 2.17 bits per heavy atom. The molecule has 3 aromatic rings. The first-order valence-corrected chi connectivity index (χ1v) is 9.00. The van der Waals surface area contributed by atoms with Crippen molar-refractivity contribution >= 4 is 23.4 Å². The number of aromatic nitrogens is 5. The van der Waals surface area contributed by atoms with Gasteiger partial charge in [-0.15, -0.1) is 10.2 Å². The second kappa shape index (κ2) is 7.36. The molecule has 8 heteroatoms. The summed E-state index contributed by atoms with van der Waals surface area (Å²) >= 11 is 7.70. The van der Waals surface area contributed by atoms with Gasteiger partial charge in [-0.2, -0.15) is 4.98 Å². The van der Waals surface area contributed by atoms with Gasteiger partial charge in [-0.3, -0.25) is 4.57 Å². The van der Waals surface area contributed by atoms with E-state index in [1.807, 2.05) is 29.7 Å². The van der Waals surface area contributed by atoms with E-state index in [0.717, 1.165) is 28.7 Å². The average Bonchev–Trinajstić information content (AvgIpc) is 3.16. The van der Waals surface area contributed by atoms with Gasteiger partial charge in [-0.1, -0.05) is 48.4 Å². The van der Waals surface area contributed by atoms with Gasteiger partial charge < -0.3 is 4.52 Å². The van der Waals surface area contributed by atoms with Gasteiger partial charge in [0, 0.05) is 11.4 Å². The maximum Gasteiger partial charge on any atom is 0.237 e. The van der Waals surface area contributed by atoms with E-state index in [2.05, 4.69) is 34.2 Å². The molecule has 0 saturated heterocycles. The van der Waals surface area contributed by atoms with E-state index in [9.17, 15) is 0 Å². The second-order valence-electron chi connectivity index (χ2n) is 5.91. The lowest BCUT2D eigenvalue weighted by Gasteiger charge is -2.07. The minimum atomic E-state index is 0.498. The van der Waals surface area contributed by atoms with Crippen molar-refractivity contribution < 1.29 is 4.52 Å². The Bertz CT molecular complexity index is 829. The Morgan fingerprint density at radius 1 is 1.33 bits per heavy atom. The van der Waals surface area contributed by atoms with Crippen LogP contribution in [0.4, 0.5) is 0 Å². The summed E-state index contributed by atoms with van der Waals surface area (Å²) in [5.74, 6) is 2.38. The van der Waals surface area contributed by atoms with Crippen LogP contribution in [0, 0.1) is 12.8 Å². The van der Waals surface area contributed by atoms with E-state index in [0.29, 0.717) is 22.6 Å². The minimum Gasteiger partial charge on any atom is -0.338 e. The van der Waals surface area contributed by atoms with Crippen molar-refractivity contribution in [2.75, 3.05) is 0 Å². The van der Waals surface area contributed by atoms with Crippen molar-refractivity contribution in [3.63, 3.8) is 0 Å². The van der Waals surface area contributed by atoms with Crippen molar-refractivity contribution in [1.82, 2.24) is 24.9 Å². The number of hydrogen-bond acceptors (Lipinski definition) is 6. The number of thioether (sulfide) groups is 1. The van der Waals surface area contributed by atoms with Gasteiger partial charge in [0.15, 0.2) is 11.0 Å². The smallest absolute Gasteiger partial charge is 0.237 e. The van der Waals surface area contributed by atoms with Crippen LogP contribution in [-0.4, -0.2) is 24.9 Å². The third-order valence-electron chi connectivity index (χ3n) is 3.38. The minimum absolute atomic E-state index is 0.498. The molecule has 0 amide bonds. The molecule has 0 fully saturated rings. The van der Waals surface area contributed by atoms with Crippen molar-refractivity contribution in [1.29, 1.82) is 0 Å². The van der Waals surface area contributed by atoms with Crippen LogP contribution in [-0.2, 0) is 12.2 Å². The quantitative estimate of drug-likeness (QED) is 0.614. The van der Waals surface area contributed by atoms with Crippen molar-refractivity contribution in [3.8, 4) is 5.69 Å². The molecule has 0 aliphatic heterocycles. The van der Waals surface area contributed by atoms with Crippen LogP contribution in [0.3, 0.4) is 0 Å². The number of hydrogen-bond donors (Lipinski definition) is 0. The summed E-state index contributed by atoms with van der Waals surface area (Å²) in [5, 5.41) is 13.6. The maximum atomic E-state index is 6.21. The summed E-state index contributed by atoms with van der Waals surface area (Å²) in [6, 6.07) is 5.86. The van der Waals surface area contributed by atoms with E-state index >= 15 is 0 Å². The van der Waals surface area contributed by atoms with Crippen molar-refractivity contribution in [2.45, 2.75) is 38.1 Å². The van der Waals surface area contributed by atoms with Crippen LogP contribution < -0.4 is 0 Å². The third-order valence-corrected chi connectivity index (χ3v) is 4.71. The molecular formula is C16H18ClN5OS. The summed E-state index contributed by atoms with van der Waals surface area (Å²) in [6.45, 7) is 6.22. The zero-order chi connectivity index (χ0) is 17.1. The number of benzene rings is 1. The molecule has 0 unspecified atom stereocenters. The fourth-order valence-corrected chi connectivity index (χ4v) is 3.10. The number of nitrogens with zero attached hydrogens (tertiary/aromatic N) is 5. The molecule has 0 bridgehead atoms. The molecule has 3 rings (SSSR count). The molecule has 0 saturated carbocycles. The Balaban J connectivity index is 1.71. The van der Waals surface area contributed by atoms with Crippen LogP contribution in [0.15, 0.2) is 34.2 Å². The Hall–Kier alpha value is -1.86. The molecule has 1 aromatic carbocycles. The average molecular weight is 364 g/mol. The van der Waals surface area contributed by atoms with E-state index in [1.165, 1.54) is 11.8 Å². The Labute approximate surface area is 149 Å². The Kier molecular flexibility index (Phi) is 5.20. The highest BCUT2D eigenvalue weighted by Gasteiger charge is 2.12. The summed E-state index contributed by atoms with van der Waals surface area (Å²) in [6.07, 6.45) is 2.48. The van der Waals surface area contributed by atoms with E-state index in [1.54, 1.807) is 6.33 Å². The SMILES string of the molecule is Cc1ccc(-n2cnnc2SCc2nc(CC(C)C)no2)cc1Cl. The highest BCUT2D eigenvalue weighted by atomic mass is 35.5. The topological polar surface area (TPSA) is 69.6 Å². The highest BCUT2D eigenvalue weighted by molar-refractivity contribution is 7.98. The number of rotatable bonds is 6. The molecule has 6 nitrogen and oxygen atoms in total. The molecule has 0 aliphatic rings. The molecule has 0 spiro atoms. The predicted octanol–water partition coefficient (Wildman–Crippen LogP) is 4.10. The van der Waals surface area contributed by atoms with E-state index in [-0.39, 0.29) is 0 Å². The van der Waals surface area contributed by atoms with Crippen LogP contribution in [0.25, 0.3) is 5.69 Å². The first kappa shape index (κ1) is 17.0. The predicted molar refractivity (Wildman–Crippen MR) is 93.5 cm³/mol. The van der Waals surface area contributed by atoms with Gasteiger partial charge in [0.05, 0.1) is 11.4 Å². The standard InChI is InChI=1S/C16H18ClN5OS/c1-10(2)6-14-19-15(23-21-14)8-24-16-20-18-9-22(16)12-5-4-11(3)13(17)7-12/h4-5,7,9-10H,6,8H2,1-3H3. The van der Waals surface area contributed by atoms with Gasteiger partial charge in [0.1, 0.15) is 6.33 Å². The second-order valence-corrected chi connectivity index (χ2v) is 7.26. The molecule has 24 heavy (non-hydrogen) atoms. The van der Waals surface area contributed by atoms with E-state index in [4.69, 9.17) is 16.1 Å². The van der Waals surface area contributed by atoms with Crippen molar-refractivity contribution in [2.24, 2.45) is 5.92 Å². The Morgan fingerprint density at radius 3 is 2.92 bits per heavy atom. The number of aryl methyl sites for hydroxylation is 1. The summed E-state index contributed by atoms with van der Waals surface area (Å²) in [5.41, 5.74) is 1.95. The molecule has 0 atom stereocenters. The summed E-state index contributed by atoms with van der Waals surface area (Å²) < 4.78 is 7.17. The fourth-order valence-electron chi connectivity index (χ4n) is 2.15. The first-order chi connectivity index (χ1) is 11.5. The van der Waals surface area contributed by atoms with E-state index < -0.39 is 0 Å². The highest BCUT2D eigenvalue weighted by Crippen LogP contribution is 2.25. The first-order valence-electron chi connectivity index (χ1n) is 7.63. The van der Waals surface area contributed by atoms with Gasteiger partial charge in [0.25, 0.3) is 0 Å². The molecule has 0 radical (unpaired) electrons. The zero-order valence-corrected chi connectivity index (χ0v) is 15.3. The van der Waals surface area contributed by atoms with Crippen LogP contribution in [0.1, 0.15) is 31.1 Å². The van der Waals surface area contributed by atoms with Crippen molar-refractivity contribution in [3.05, 3.63) is 46.8 Å². The third kappa shape index (κ3) is 3.96. The van der Waals surface area contributed by atoms with Gasteiger partial charge in [0.2, 0.25) is 5.89 Å². The zero-order valence-electron chi connectivity index (χ0n) is 13.7. The molecule has 2 heterocycles. The normalized spacial score (nSPS) is 11.4. The molecule has 126 valence electrons. The summed E-state index contributed by atoms with van der Waals surface area (Å²) in [4.78, 5) is 4.40. The largest absolute Gasteiger partial charge is 0.338 e. The van der Waals surface area contributed by atoms with Gasteiger partial charge >= 0.3 is 0 Å². The molecule has 0 aliphatic carbocycles.